The number of nitriles is 1. The van der Waals surface area contributed by atoms with Gasteiger partial charge in [-0.1, -0.05) is 6.07 Å². The maximum atomic E-state index is 11.6. The molecule has 1 heterocycles. The molecule has 1 aliphatic rings. The lowest BCUT2D eigenvalue weighted by molar-refractivity contribution is 0.0535. The van der Waals surface area contributed by atoms with E-state index in [-0.39, 0.29) is 5.97 Å². The highest BCUT2D eigenvalue weighted by Gasteiger charge is 2.23. The van der Waals surface area contributed by atoms with Crippen LogP contribution in [0.5, 0.6) is 0 Å². The maximum Gasteiger partial charge on any atom is 0.338 e. The van der Waals surface area contributed by atoms with Crippen molar-refractivity contribution in [3.63, 3.8) is 0 Å². The summed E-state index contributed by atoms with van der Waals surface area (Å²) in [6.45, 7) is 3.72. The smallest absolute Gasteiger partial charge is 0.338 e. The van der Waals surface area contributed by atoms with Gasteiger partial charge >= 0.3 is 5.97 Å². The molecule has 0 unspecified atom stereocenters. The molecule has 28 heavy (non-hydrogen) atoms. The average Bonchev–Trinajstić information content (AvgIpc) is 3.11. The van der Waals surface area contributed by atoms with E-state index in [9.17, 15) is 4.79 Å². The molecular formula is C22H22N4O2. The molecule has 3 rings (SSSR count). The molecule has 0 bridgehead atoms. The number of fused-ring (bicyclic) bond motifs is 1. The van der Waals surface area contributed by atoms with Crippen molar-refractivity contribution in [2.45, 2.75) is 20.0 Å². The molecule has 142 valence electrons. The summed E-state index contributed by atoms with van der Waals surface area (Å²) in [5.74, 6) is -0.238. The molecule has 0 fully saturated rings. The minimum atomic E-state index is -0.238. The third-order valence-corrected chi connectivity index (χ3v) is 4.80. The summed E-state index contributed by atoms with van der Waals surface area (Å²) >= 11 is 0. The van der Waals surface area contributed by atoms with Crippen LogP contribution in [-0.2, 0) is 17.8 Å². The Kier molecular flexibility index (Phi) is 6.20. The summed E-state index contributed by atoms with van der Waals surface area (Å²) < 4.78 is 5.10. The lowest BCUT2D eigenvalue weighted by atomic mass is 9.97. The molecule has 0 atom stereocenters. The van der Waals surface area contributed by atoms with Crippen LogP contribution in [0.2, 0.25) is 0 Å². The monoisotopic (exact) mass is 374 g/mol. The Morgan fingerprint density at radius 2 is 2.07 bits per heavy atom. The molecule has 0 saturated carbocycles. The van der Waals surface area contributed by atoms with Crippen LogP contribution in [-0.4, -0.2) is 25.3 Å². The summed E-state index contributed by atoms with van der Waals surface area (Å²) in [6.07, 6.45) is 3.93. The normalized spacial score (nSPS) is 12.9. The number of ether oxygens (including phenoxy) is 1. The Bertz CT molecular complexity index is 956. The number of benzene rings is 2. The van der Waals surface area contributed by atoms with Gasteiger partial charge in [-0.2, -0.15) is 5.26 Å². The van der Waals surface area contributed by atoms with Crippen molar-refractivity contribution in [1.29, 1.82) is 10.7 Å². The van der Waals surface area contributed by atoms with Gasteiger partial charge in [0.2, 0.25) is 0 Å². The fraction of sp³-hybridized carbons (Fsp3) is 0.227. The van der Waals surface area contributed by atoms with Gasteiger partial charge in [0.1, 0.15) is 6.61 Å². The number of hydrogen-bond acceptors (Lipinski definition) is 6. The van der Waals surface area contributed by atoms with Crippen LogP contribution in [0.4, 0.5) is 5.69 Å². The van der Waals surface area contributed by atoms with Gasteiger partial charge in [0.05, 0.1) is 17.2 Å². The quantitative estimate of drug-likeness (QED) is 0.374. The van der Waals surface area contributed by atoms with Crippen LogP contribution in [0, 0.1) is 23.7 Å². The largest absolute Gasteiger partial charge is 0.457 e. The van der Waals surface area contributed by atoms with Crippen LogP contribution < -0.4 is 10.6 Å². The highest BCUT2D eigenvalue weighted by atomic mass is 16.5. The van der Waals surface area contributed by atoms with E-state index in [0.717, 1.165) is 35.4 Å². The molecule has 0 spiro atoms. The minimum Gasteiger partial charge on any atom is -0.457 e. The number of cyclic esters (lactones) is 1. The number of hydrogen-bond donors (Lipinski definition) is 3. The summed E-state index contributed by atoms with van der Waals surface area (Å²) in [6, 6.07) is 13.1. The zero-order valence-corrected chi connectivity index (χ0v) is 15.7. The summed E-state index contributed by atoms with van der Waals surface area (Å²) in [5, 5.41) is 22.9. The molecular weight excluding hydrogens is 352 g/mol. The number of rotatable bonds is 8. The first kappa shape index (κ1) is 19.3. The van der Waals surface area contributed by atoms with Gasteiger partial charge in [0.15, 0.2) is 0 Å². The van der Waals surface area contributed by atoms with Crippen molar-refractivity contribution in [2.75, 3.05) is 18.4 Å². The maximum absolute atomic E-state index is 11.6. The van der Waals surface area contributed by atoms with Gasteiger partial charge in [-0.25, -0.2) is 4.79 Å². The fourth-order valence-electron chi connectivity index (χ4n) is 3.09. The van der Waals surface area contributed by atoms with E-state index in [0.29, 0.717) is 24.3 Å². The van der Waals surface area contributed by atoms with Crippen molar-refractivity contribution in [3.05, 3.63) is 76.0 Å². The number of nitrogens with zero attached hydrogens (tertiary/aromatic N) is 1. The summed E-state index contributed by atoms with van der Waals surface area (Å²) in [7, 11) is 0. The molecule has 0 saturated heterocycles. The lowest BCUT2D eigenvalue weighted by Gasteiger charge is -2.10. The Morgan fingerprint density at radius 3 is 2.79 bits per heavy atom. The molecule has 2 aromatic rings. The Hall–Kier alpha value is -3.43. The molecule has 1 aliphatic heterocycles. The van der Waals surface area contributed by atoms with E-state index >= 15 is 0 Å². The van der Waals surface area contributed by atoms with E-state index in [1.807, 2.05) is 31.2 Å². The van der Waals surface area contributed by atoms with E-state index < -0.39 is 0 Å². The molecule has 0 amide bonds. The van der Waals surface area contributed by atoms with Gasteiger partial charge < -0.3 is 20.8 Å². The predicted molar refractivity (Wildman–Crippen MR) is 109 cm³/mol. The Balaban J connectivity index is 1.50. The SMILES string of the molecule is Cc1c(CCNC/C(C=N)=C/Nc2ccc(C#N)cc2)ccc2c1COC2=O. The van der Waals surface area contributed by atoms with Crippen LogP contribution in [0.25, 0.3) is 0 Å². The Morgan fingerprint density at radius 1 is 1.29 bits per heavy atom. The first-order chi connectivity index (χ1) is 13.6. The molecule has 0 aliphatic carbocycles. The number of carbonyl (C=O) groups is 1. The van der Waals surface area contributed by atoms with E-state index in [1.165, 1.54) is 11.8 Å². The van der Waals surface area contributed by atoms with Crippen molar-refractivity contribution in [2.24, 2.45) is 0 Å². The highest BCUT2D eigenvalue weighted by Crippen LogP contribution is 2.25. The third kappa shape index (κ3) is 4.45. The molecule has 0 aromatic heterocycles. The van der Waals surface area contributed by atoms with E-state index in [2.05, 4.69) is 16.7 Å². The van der Waals surface area contributed by atoms with Crippen molar-refractivity contribution >= 4 is 17.9 Å². The predicted octanol–water partition coefficient (Wildman–Crippen LogP) is 3.31. The topological polar surface area (TPSA) is 98.0 Å². The first-order valence-electron chi connectivity index (χ1n) is 9.08. The van der Waals surface area contributed by atoms with Gasteiger partial charge in [0.25, 0.3) is 0 Å². The highest BCUT2D eigenvalue weighted by molar-refractivity contribution is 5.93. The lowest BCUT2D eigenvalue weighted by Crippen LogP contribution is -2.21. The molecule has 6 heteroatoms. The summed E-state index contributed by atoms with van der Waals surface area (Å²) in [5.41, 5.74) is 6.28. The van der Waals surface area contributed by atoms with Crippen LogP contribution in [0.1, 0.15) is 32.6 Å². The third-order valence-electron chi connectivity index (χ3n) is 4.80. The summed E-state index contributed by atoms with van der Waals surface area (Å²) in [4.78, 5) is 11.6. The second-order valence-corrected chi connectivity index (χ2v) is 6.58. The second kappa shape index (κ2) is 8.98. The zero-order chi connectivity index (χ0) is 19.9. The number of nitrogens with one attached hydrogen (secondary N) is 3. The first-order valence-corrected chi connectivity index (χ1v) is 9.08. The number of carbonyl (C=O) groups excluding carboxylic acids is 1. The van der Waals surface area contributed by atoms with Crippen molar-refractivity contribution in [1.82, 2.24) is 5.32 Å². The second-order valence-electron chi connectivity index (χ2n) is 6.58. The van der Waals surface area contributed by atoms with Crippen LogP contribution in [0.15, 0.2) is 48.2 Å². The van der Waals surface area contributed by atoms with Crippen LogP contribution >= 0.6 is 0 Å². The molecule has 3 N–H and O–H groups in total. The van der Waals surface area contributed by atoms with Gasteiger partial charge in [-0.3, -0.25) is 0 Å². The zero-order valence-electron chi connectivity index (χ0n) is 15.7. The molecule has 0 radical (unpaired) electrons. The van der Waals surface area contributed by atoms with Crippen LogP contribution in [0.3, 0.4) is 0 Å². The van der Waals surface area contributed by atoms with Gasteiger partial charge in [-0.15, -0.1) is 0 Å². The van der Waals surface area contributed by atoms with Gasteiger partial charge in [-0.05, 0) is 66.9 Å². The molecule has 6 nitrogen and oxygen atoms in total. The fourth-order valence-corrected chi connectivity index (χ4v) is 3.09. The van der Waals surface area contributed by atoms with E-state index in [1.54, 1.807) is 18.3 Å². The van der Waals surface area contributed by atoms with Crippen molar-refractivity contribution in [3.8, 4) is 6.07 Å². The minimum absolute atomic E-state index is 0.238. The number of esters is 1. The average molecular weight is 374 g/mol. The number of anilines is 1. The van der Waals surface area contributed by atoms with E-state index in [4.69, 9.17) is 15.4 Å². The standard InChI is InChI=1S/C22H22N4O2/c1-15-18(4-7-20-21(15)14-28-22(20)27)8-9-25-12-17(11-24)13-26-19-5-2-16(10-23)3-6-19/h2-7,11,13,24-26H,8-9,12,14H2,1H3/b17-13+,24-11?. The molecule has 2 aromatic carbocycles. The van der Waals surface area contributed by atoms with Crippen molar-refractivity contribution < 1.29 is 9.53 Å². The van der Waals surface area contributed by atoms with Gasteiger partial charge in [0, 0.05) is 30.2 Å². The Labute approximate surface area is 164 Å².